The number of fused-ring (bicyclic) bond motifs is 5. The van der Waals surface area contributed by atoms with Gasteiger partial charge in [-0.3, -0.25) is 19.4 Å². The Morgan fingerprint density at radius 3 is 2.02 bits per heavy atom. The van der Waals surface area contributed by atoms with Gasteiger partial charge in [-0.1, -0.05) is 48.5 Å². The number of ketones is 3. The third kappa shape index (κ3) is 3.62. The topological polar surface area (TPSA) is 94.5 Å². The lowest BCUT2D eigenvalue weighted by molar-refractivity contribution is 0.0585. The highest BCUT2D eigenvalue weighted by molar-refractivity contribution is 6.31. The van der Waals surface area contributed by atoms with E-state index in [0.29, 0.717) is 39.5 Å². The van der Waals surface area contributed by atoms with Gasteiger partial charge in [0, 0.05) is 28.2 Å². The molecule has 1 fully saturated rings. The van der Waals surface area contributed by atoms with Crippen LogP contribution in [0.15, 0.2) is 96.1 Å². The van der Waals surface area contributed by atoms with Crippen molar-refractivity contribution in [3.05, 3.63) is 124 Å². The van der Waals surface area contributed by atoms with E-state index in [0.717, 1.165) is 11.1 Å². The second-order valence-corrected chi connectivity index (χ2v) is 10.9. The average Bonchev–Trinajstić information content (AvgIpc) is 3.50. The molecule has 2 heterocycles. The fourth-order valence-electron chi connectivity index (χ4n) is 7.13. The van der Waals surface area contributed by atoms with Crippen LogP contribution in [-0.4, -0.2) is 55.9 Å². The van der Waals surface area contributed by atoms with E-state index in [-0.39, 0.29) is 17.3 Å². The number of hydrogen-bond acceptors (Lipinski definition) is 8. The minimum absolute atomic E-state index is 0.285. The van der Waals surface area contributed by atoms with Gasteiger partial charge < -0.3 is 14.2 Å². The molecule has 1 aliphatic carbocycles. The molecule has 0 saturated carbocycles. The van der Waals surface area contributed by atoms with Crippen molar-refractivity contribution in [2.75, 3.05) is 21.3 Å². The summed E-state index contributed by atoms with van der Waals surface area (Å²) in [6.45, 7) is 0. The molecule has 0 aromatic heterocycles. The van der Waals surface area contributed by atoms with E-state index in [1.165, 1.54) is 7.11 Å². The Bertz CT molecular complexity index is 1790. The van der Waals surface area contributed by atoms with Crippen LogP contribution in [0.4, 0.5) is 0 Å². The molecule has 0 unspecified atom stereocenters. The molecule has 3 atom stereocenters. The highest BCUT2D eigenvalue weighted by Gasteiger charge is 2.73. The monoisotopic (exact) mass is 572 g/mol. The van der Waals surface area contributed by atoms with Crippen LogP contribution in [0.3, 0.4) is 0 Å². The highest BCUT2D eigenvalue weighted by atomic mass is 16.5. The summed E-state index contributed by atoms with van der Waals surface area (Å²) in [6, 6.07) is 24.6. The zero-order valence-electron chi connectivity index (χ0n) is 23.8. The van der Waals surface area contributed by atoms with E-state index in [4.69, 9.17) is 19.3 Å². The number of rotatable bonds is 6. The summed E-state index contributed by atoms with van der Waals surface area (Å²) < 4.78 is 16.7. The normalized spacial score (nSPS) is 20.9. The van der Waals surface area contributed by atoms with Crippen molar-refractivity contribution in [3.63, 3.8) is 0 Å². The number of hydrogen-bond donors (Lipinski definition) is 0. The number of benzene rings is 4. The SMILES string of the molecule is COc1ccc(C(=O)[C@H]2[C@H](c3cc(OC)ccc3OC)C3(C(=O)c4ccccc4C3=O)[C@H]3c4ccccc4C=NN23)cc1. The molecule has 214 valence electrons. The van der Waals surface area contributed by atoms with Gasteiger partial charge in [0.25, 0.3) is 0 Å². The van der Waals surface area contributed by atoms with Crippen molar-refractivity contribution in [3.8, 4) is 17.2 Å². The molecule has 8 nitrogen and oxygen atoms in total. The Kier molecular flexibility index (Phi) is 6.16. The van der Waals surface area contributed by atoms with Crippen molar-refractivity contribution >= 4 is 23.6 Å². The van der Waals surface area contributed by atoms with Crippen LogP contribution in [0, 0.1) is 5.41 Å². The van der Waals surface area contributed by atoms with Crippen molar-refractivity contribution in [2.24, 2.45) is 10.5 Å². The van der Waals surface area contributed by atoms with Crippen molar-refractivity contribution in [2.45, 2.75) is 18.0 Å². The molecular formula is C35H28N2O6. The maximum atomic E-state index is 14.9. The first-order valence-corrected chi connectivity index (χ1v) is 14.0. The fourth-order valence-corrected chi connectivity index (χ4v) is 7.13. The third-order valence-corrected chi connectivity index (χ3v) is 8.99. The number of nitrogens with zero attached hydrogens (tertiary/aromatic N) is 2. The lowest BCUT2D eigenvalue weighted by atomic mass is 9.62. The summed E-state index contributed by atoms with van der Waals surface area (Å²) in [5, 5.41) is 6.47. The molecule has 7 rings (SSSR count). The van der Waals surface area contributed by atoms with Gasteiger partial charge in [-0.2, -0.15) is 5.10 Å². The van der Waals surface area contributed by atoms with Crippen LogP contribution in [0.25, 0.3) is 0 Å². The van der Waals surface area contributed by atoms with Gasteiger partial charge >= 0.3 is 0 Å². The summed E-state index contributed by atoms with van der Waals surface area (Å²) in [6.07, 6.45) is 1.69. The molecule has 0 N–H and O–H groups in total. The molecule has 0 amide bonds. The van der Waals surface area contributed by atoms with Crippen molar-refractivity contribution in [1.82, 2.24) is 5.01 Å². The number of Topliss-reactive ketones (excluding diaryl/α,β-unsaturated/α-hetero) is 3. The Labute approximate surface area is 248 Å². The first-order chi connectivity index (χ1) is 20.9. The van der Waals surface area contributed by atoms with E-state index >= 15 is 0 Å². The summed E-state index contributed by atoms with van der Waals surface area (Å²) >= 11 is 0. The van der Waals surface area contributed by atoms with E-state index < -0.39 is 23.4 Å². The molecule has 4 aromatic rings. The zero-order valence-corrected chi connectivity index (χ0v) is 23.8. The molecule has 8 heteroatoms. The molecule has 2 aliphatic heterocycles. The van der Waals surface area contributed by atoms with Crippen molar-refractivity contribution < 1.29 is 28.6 Å². The second kappa shape index (κ2) is 9.94. The smallest absolute Gasteiger partial charge is 0.187 e. The van der Waals surface area contributed by atoms with Gasteiger partial charge in [0.15, 0.2) is 17.3 Å². The Morgan fingerprint density at radius 1 is 0.744 bits per heavy atom. The fraction of sp³-hybridized carbons (Fsp3) is 0.200. The van der Waals surface area contributed by atoms with Gasteiger partial charge in [-0.25, -0.2) is 0 Å². The number of carbonyl (C=O) groups excluding carboxylic acids is 3. The highest BCUT2D eigenvalue weighted by Crippen LogP contribution is 2.65. The van der Waals surface area contributed by atoms with Gasteiger partial charge in [0.2, 0.25) is 0 Å². The molecular weight excluding hydrogens is 544 g/mol. The molecule has 0 radical (unpaired) electrons. The van der Waals surface area contributed by atoms with Crippen LogP contribution in [-0.2, 0) is 0 Å². The Balaban J connectivity index is 1.56. The minimum atomic E-state index is -1.72. The van der Waals surface area contributed by atoms with E-state index in [2.05, 4.69) is 0 Å². The predicted octanol–water partition coefficient (Wildman–Crippen LogP) is 5.52. The summed E-state index contributed by atoms with van der Waals surface area (Å²) in [5.74, 6) is -0.396. The lowest BCUT2D eigenvalue weighted by Crippen LogP contribution is -2.44. The Hall–Kier alpha value is -5.24. The van der Waals surface area contributed by atoms with Crippen LogP contribution >= 0.6 is 0 Å². The summed E-state index contributed by atoms with van der Waals surface area (Å²) in [7, 11) is 4.63. The van der Waals surface area contributed by atoms with E-state index in [1.807, 2.05) is 24.3 Å². The standard InChI is InChI=1S/C35H28N2O6/c1-41-22-14-12-20(13-15-22)31(38)30-29(27-18-23(42-2)16-17-28(27)43-3)35(33(39)25-10-6-7-11-26(25)34(35)40)32-24-9-5-4-8-21(24)19-36-37(30)32/h4-19,29-30,32H,1-3H3/t29-,30+,32+/m0/s1. The average molecular weight is 573 g/mol. The van der Waals surface area contributed by atoms with Gasteiger partial charge in [0.1, 0.15) is 28.7 Å². The number of ether oxygens (including phenoxy) is 3. The van der Waals surface area contributed by atoms with E-state index in [9.17, 15) is 14.4 Å². The van der Waals surface area contributed by atoms with Crippen LogP contribution < -0.4 is 14.2 Å². The maximum Gasteiger partial charge on any atom is 0.187 e. The Morgan fingerprint density at radius 2 is 1.37 bits per heavy atom. The maximum absolute atomic E-state index is 14.9. The molecule has 0 bridgehead atoms. The van der Waals surface area contributed by atoms with Gasteiger partial charge in [-0.15, -0.1) is 0 Å². The number of methoxy groups -OCH3 is 3. The van der Waals surface area contributed by atoms with Crippen molar-refractivity contribution in [1.29, 1.82) is 0 Å². The lowest BCUT2D eigenvalue weighted by Gasteiger charge is -2.36. The molecule has 1 spiro atoms. The number of hydrazone groups is 1. The van der Waals surface area contributed by atoms with Crippen LogP contribution in [0.5, 0.6) is 17.2 Å². The molecule has 3 aliphatic rings. The second-order valence-electron chi connectivity index (χ2n) is 10.9. The molecule has 1 saturated heterocycles. The third-order valence-electron chi connectivity index (χ3n) is 8.99. The van der Waals surface area contributed by atoms with Crippen LogP contribution in [0.1, 0.15) is 59.7 Å². The summed E-state index contributed by atoms with van der Waals surface area (Å²) in [4.78, 5) is 44.6. The quantitative estimate of drug-likeness (QED) is 0.222. The zero-order chi connectivity index (χ0) is 29.9. The van der Waals surface area contributed by atoms with E-state index in [1.54, 1.807) is 92.2 Å². The first kappa shape index (κ1) is 26.6. The van der Waals surface area contributed by atoms with Gasteiger partial charge in [0.05, 0.1) is 33.6 Å². The first-order valence-electron chi connectivity index (χ1n) is 14.0. The largest absolute Gasteiger partial charge is 0.497 e. The number of carbonyl (C=O) groups is 3. The predicted molar refractivity (Wildman–Crippen MR) is 160 cm³/mol. The van der Waals surface area contributed by atoms with Gasteiger partial charge in [-0.05, 0) is 53.6 Å². The minimum Gasteiger partial charge on any atom is -0.497 e. The molecule has 43 heavy (non-hydrogen) atoms. The van der Waals surface area contributed by atoms with Crippen LogP contribution in [0.2, 0.25) is 0 Å². The molecule has 4 aromatic carbocycles. The summed E-state index contributed by atoms with van der Waals surface area (Å²) in [5.41, 5.74) is 1.41.